The fourth-order valence-corrected chi connectivity index (χ4v) is 3.39. The SMILES string of the molecule is CC(C)(C)OC(=O)N1C[C@@H](CN=[N+]=[N-])Oc2c(-c3cc(Cl)ccc3Cl)cccc21. The Morgan fingerprint density at radius 3 is 2.76 bits per heavy atom. The van der Waals surface area contributed by atoms with Crippen LogP contribution in [-0.4, -0.2) is 30.9 Å². The molecule has 1 heterocycles. The van der Waals surface area contributed by atoms with Gasteiger partial charge in [0.05, 0.1) is 18.8 Å². The minimum Gasteiger partial charge on any atom is -0.486 e. The molecule has 0 unspecified atom stereocenters. The molecule has 1 atom stereocenters. The Balaban J connectivity index is 2.11. The van der Waals surface area contributed by atoms with Crippen LogP contribution in [0.2, 0.25) is 10.0 Å². The van der Waals surface area contributed by atoms with Crippen molar-refractivity contribution in [1.82, 2.24) is 0 Å². The van der Waals surface area contributed by atoms with Gasteiger partial charge in [-0.05, 0) is 50.6 Å². The molecule has 152 valence electrons. The van der Waals surface area contributed by atoms with E-state index in [0.717, 1.165) is 0 Å². The van der Waals surface area contributed by atoms with E-state index in [1.54, 1.807) is 51.1 Å². The zero-order valence-electron chi connectivity index (χ0n) is 16.2. The van der Waals surface area contributed by atoms with Gasteiger partial charge in [-0.1, -0.05) is 40.4 Å². The van der Waals surface area contributed by atoms with Crippen LogP contribution in [0, 0.1) is 0 Å². The van der Waals surface area contributed by atoms with E-state index in [1.807, 2.05) is 6.07 Å². The van der Waals surface area contributed by atoms with E-state index in [1.165, 1.54) is 4.90 Å². The number of para-hydroxylation sites is 1. The fourth-order valence-electron chi connectivity index (χ4n) is 3.00. The summed E-state index contributed by atoms with van der Waals surface area (Å²) < 4.78 is 11.7. The van der Waals surface area contributed by atoms with E-state index in [9.17, 15) is 4.79 Å². The number of carbonyl (C=O) groups is 1. The van der Waals surface area contributed by atoms with Gasteiger partial charge >= 0.3 is 6.09 Å². The van der Waals surface area contributed by atoms with Gasteiger partial charge in [-0.3, -0.25) is 4.90 Å². The van der Waals surface area contributed by atoms with Gasteiger partial charge < -0.3 is 9.47 Å². The lowest BCUT2D eigenvalue weighted by atomic mass is 10.0. The standard InChI is InChI=1S/C20H20Cl2N4O3/c1-20(2,3)29-19(27)26-11-13(10-24-25-23)28-18-14(5-4-6-17(18)26)15-9-12(21)7-8-16(15)22/h4-9,13H,10-11H2,1-3H3/t13-/m1/s1. The highest BCUT2D eigenvalue weighted by atomic mass is 35.5. The summed E-state index contributed by atoms with van der Waals surface area (Å²) >= 11 is 12.6. The molecule has 0 N–H and O–H groups in total. The third kappa shape index (κ3) is 4.88. The molecule has 0 aliphatic carbocycles. The van der Waals surface area contributed by atoms with E-state index >= 15 is 0 Å². The first-order valence-electron chi connectivity index (χ1n) is 8.96. The van der Waals surface area contributed by atoms with E-state index in [0.29, 0.717) is 32.6 Å². The van der Waals surface area contributed by atoms with Gasteiger partial charge in [0.1, 0.15) is 11.7 Å². The highest BCUT2D eigenvalue weighted by molar-refractivity contribution is 6.35. The van der Waals surface area contributed by atoms with Crippen molar-refractivity contribution in [2.24, 2.45) is 5.11 Å². The van der Waals surface area contributed by atoms with Crippen LogP contribution in [0.5, 0.6) is 5.75 Å². The normalized spacial score (nSPS) is 15.8. The van der Waals surface area contributed by atoms with Crippen molar-refractivity contribution < 1.29 is 14.3 Å². The summed E-state index contributed by atoms with van der Waals surface area (Å²) in [6, 6.07) is 10.5. The molecule has 0 aromatic heterocycles. The Morgan fingerprint density at radius 1 is 1.31 bits per heavy atom. The quantitative estimate of drug-likeness (QED) is 0.314. The molecule has 2 aromatic carbocycles. The number of ether oxygens (including phenoxy) is 2. The number of halogens is 2. The molecule has 3 rings (SSSR count). The second-order valence-electron chi connectivity index (χ2n) is 7.52. The van der Waals surface area contributed by atoms with E-state index in [-0.39, 0.29) is 13.1 Å². The van der Waals surface area contributed by atoms with E-state index in [4.69, 9.17) is 38.2 Å². The summed E-state index contributed by atoms with van der Waals surface area (Å²) in [4.78, 5) is 17.1. The molecule has 0 fully saturated rings. The van der Waals surface area contributed by atoms with Gasteiger partial charge in [0.25, 0.3) is 0 Å². The summed E-state index contributed by atoms with van der Waals surface area (Å²) in [6.07, 6.45) is -1.05. The minimum atomic E-state index is -0.663. The number of nitrogens with zero attached hydrogens (tertiary/aromatic N) is 4. The molecule has 9 heteroatoms. The second-order valence-corrected chi connectivity index (χ2v) is 8.37. The number of amides is 1. The molecule has 7 nitrogen and oxygen atoms in total. The molecule has 29 heavy (non-hydrogen) atoms. The zero-order chi connectivity index (χ0) is 21.2. The van der Waals surface area contributed by atoms with Gasteiger partial charge in [0, 0.05) is 26.1 Å². The summed E-state index contributed by atoms with van der Waals surface area (Å²) in [5, 5.41) is 4.61. The number of hydrogen-bond donors (Lipinski definition) is 0. The molecule has 0 saturated heterocycles. The fraction of sp³-hybridized carbons (Fsp3) is 0.350. The van der Waals surface area contributed by atoms with Gasteiger partial charge in [-0.15, -0.1) is 0 Å². The van der Waals surface area contributed by atoms with Crippen molar-refractivity contribution in [2.45, 2.75) is 32.5 Å². The van der Waals surface area contributed by atoms with Gasteiger partial charge in [0.15, 0.2) is 5.75 Å². The molecule has 2 aromatic rings. The minimum absolute atomic E-state index is 0.0624. The summed E-state index contributed by atoms with van der Waals surface area (Å²) in [7, 11) is 0. The Hall–Kier alpha value is -2.60. The van der Waals surface area contributed by atoms with Crippen molar-refractivity contribution in [3.63, 3.8) is 0 Å². The van der Waals surface area contributed by atoms with Crippen molar-refractivity contribution in [3.8, 4) is 16.9 Å². The Bertz CT molecular complexity index is 984. The third-order valence-corrected chi connectivity index (χ3v) is 4.70. The molecule has 0 saturated carbocycles. The first kappa shape index (κ1) is 21.1. The molecule has 0 bridgehead atoms. The summed E-state index contributed by atoms with van der Waals surface area (Å²) in [5.41, 5.74) is 9.91. The number of benzene rings is 2. The summed E-state index contributed by atoms with van der Waals surface area (Å²) in [6.45, 7) is 5.64. The van der Waals surface area contributed by atoms with Crippen molar-refractivity contribution in [2.75, 3.05) is 18.0 Å². The predicted molar refractivity (Wildman–Crippen MR) is 114 cm³/mol. The number of rotatable bonds is 3. The first-order chi connectivity index (χ1) is 13.7. The van der Waals surface area contributed by atoms with Gasteiger partial charge in [0.2, 0.25) is 0 Å². The number of hydrogen-bond acceptors (Lipinski definition) is 4. The molecular weight excluding hydrogens is 415 g/mol. The van der Waals surface area contributed by atoms with Crippen LogP contribution in [0.25, 0.3) is 21.6 Å². The van der Waals surface area contributed by atoms with Crippen LogP contribution in [0.15, 0.2) is 41.5 Å². The predicted octanol–water partition coefficient (Wildman–Crippen LogP) is 6.47. The smallest absolute Gasteiger partial charge is 0.415 e. The highest BCUT2D eigenvalue weighted by Crippen LogP contribution is 2.44. The molecular formula is C20H20Cl2N4O3. The van der Waals surface area contributed by atoms with Crippen LogP contribution in [0.4, 0.5) is 10.5 Å². The van der Waals surface area contributed by atoms with Crippen molar-refractivity contribution in [3.05, 3.63) is 56.9 Å². The van der Waals surface area contributed by atoms with Crippen molar-refractivity contribution >= 4 is 35.0 Å². The molecule has 1 aliphatic heterocycles. The monoisotopic (exact) mass is 434 g/mol. The lowest BCUT2D eigenvalue weighted by molar-refractivity contribution is 0.0550. The number of azide groups is 1. The van der Waals surface area contributed by atoms with Gasteiger partial charge in [-0.2, -0.15) is 0 Å². The zero-order valence-corrected chi connectivity index (χ0v) is 17.7. The summed E-state index contributed by atoms with van der Waals surface area (Å²) in [5.74, 6) is 0.451. The largest absolute Gasteiger partial charge is 0.486 e. The van der Waals surface area contributed by atoms with Crippen molar-refractivity contribution in [1.29, 1.82) is 0 Å². The number of carbonyl (C=O) groups excluding carboxylic acids is 1. The number of anilines is 1. The van der Waals surface area contributed by atoms with Crippen LogP contribution in [-0.2, 0) is 4.74 Å². The Kier molecular flexibility index (Phi) is 6.13. The Labute approximate surface area is 178 Å². The lowest BCUT2D eigenvalue weighted by Crippen LogP contribution is -2.46. The maximum Gasteiger partial charge on any atom is 0.415 e. The highest BCUT2D eigenvalue weighted by Gasteiger charge is 2.34. The van der Waals surface area contributed by atoms with Crippen LogP contribution >= 0.6 is 23.2 Å². The molecule has 1 amide bonds. The molecule has 0 spiro atoms. The number of fused-ring (bicyclic) bond motifs is 1. The first-order valence-corrected chi connectivity index (χ1v) is 9.71. The van der Waals surface area contributed by atoms with E-state index in [2.05, 4.69) is 10.0 Å². The van der Waals surface area contributed by atoms with E-state index < -0.39 is 17.8 Å². The maximum atomic E-state index is 12.9. The second kappa shape index (κ2) is 8.41. The lowest BCUT2D eigenvalue weighted by Gasteiger charge is -2.36. The van der Waals surface area contributed by atoms with Crippen LogP contribution < -0.4 is 9.64 Å². The topological polar surface area (TPSA) is 87.5 Å². The molecule has 1 aliphatic rings. The average Bonchev–Trinajstić information content (AvgIpc) is 2.65. The average molecular weight is 435 g/mol. The maximum absolute atomic E-state index is 12.9. The van der Waals surface area contributed by atoms with Gasteiger partial charge in [-0.25, -0.2) is 4.79 Å². The molecule has 0 radical (unpaired) electrons. The van der Waals surface area contributed by atoms with Crippen LogP contribution in [0.3, 0.4) is 0 Å². The Morgan fingerprint density at radius 2 is 2.07 bits per heavy atom. The third-order valence-electron chi connectivity index (χ3n) is 4.14. The van der Waals surface area contributed by atoms with Crippen LogP contribution in [0.1, 0.15) is 20.8 Å².